The number of aryl methyl sites for hydroxylation is 1. The van der Waals surface area contributed by atoms with Crippen molar-refractivity contribution in [3.63, 3.8) is 0 Å². The van der Waals surface area contributed by atoms with E-state index < -0.39 is 29.6 Å². The van der Waals surface area contributed by atoms with Gasteiger partial charge in [-0.3, -0.25) is 19.2 Å². The van der Waals surface area contributed by atoms with Crippen LogP contribution in [0.4, 0.5) is 0 Å². The molecule has 1 unspecified atom stereocenters. The molecule has 2 fully saturated rings. The van der Waals surface area contributed by atoms with Crippen LogP contribution in [0.5, 0.6) is 0 Å². The second-order valence-electron chi connectivity index (χ2n) is 13.6. The summed E-state index contributed by atoms with van der Waals surface area (Å²) in [5.41, 5.74) is 4.13. The van der Waals surface area contributed by atoms with E-state index in [1.54, 1.807) is 11.3 Å². The van der Waals surface area contributed by atoms with Gasteiger partial charge in [0.05, 0.1) is 28.2 Å². The van der Waals surface area contributed by atoms with Crippen LogP contribution in [0.1, 0.15) is 89.9 Å². The summed E-state index contributed by atoms with van der Waals surface area (Å²) in [4.78, 5) is 58.4. The molecule has 1 aliphatic carbocycles. The van der Waals surface area contributed by atoms with Crippen LogP contribution in [0.2, 0.25) is 0 Å². The van der Waals surface area contributed by atoms with Crippen molar-refractivity contribution in [3.8, 4) is 10.4 Å². The fourth-order valence-electron chi connectivity index (χ4n) is 6.38. The van der Waals surface area contributed by atoms with Gasteiger partial charge in [-0.1, -0.05) is 45.0 Å². The van der Waals surface area contributed by atoms with E-state index in [0.717, 1.165) is 47.4 Å². The van der Waals surface area contributed by atoms with E-state index in [4.69, 9.17) is 5.11 Å². The molecule has 2 aromatic rings. The predicted octanol–water partition coefficient (Wildman–Crippen LogP) is 4.46. The van der Waals surface area contributed by atoms with Crippen LogP contribution in [-0.4, -0.2) is 68.5 Å². The van der Waals surface area contributed by atoms with Crippen LogP contribution in [0.15, 0.2) is 29.8 Å². The number of nitrogens with one attached hydrogen (secondary N) is 2. The first-order chi connectivity index (χ1) is 20.7. The van der Waals surface area contributed by atoms with E-state index in [-0.39, 0.29) is 61.4 Å². The van der Waals surface area contributed by atoms with Gasteiger partial charge >= 0.3 is 5.97 Å². The number of carbonyl (C=O) groups excluding carboxylic acids is 3. The highest BCUT2D eigenvalue weighted by Crippen LogP contribution is 2.33. The molecule has 11 heteroatoms. The SMILES string of the molecule is Cc1ncsc1-c1ccc(C(C)NC(=O)[C@@H]2C[C@@H](O)CN2C(=O)[C@@H](NC(=O)CC2CCC(CC(=O)O)CC2)C(C)(C)C)cc1. The Labute approximate surface area is 263 Å². The third kappa shape index (κ3) is 8.44. The van der Waals surface area contributed by atoms with Gasteiger partial charge in [0.25, 0.3) is 0 Å². The fraction of sp³-hybridized carbons (Fsp3) is 0.606. The summed E-state index contributed by atoms with van der Waals surface area (Å²) in [6, 6.07) is 5.89. The zero-order chi connectivity index (χ0) is 32.2. The number of aliphatic carboxylic acids is 1. The Morgan fingerprint density at radius 1 is 1.02 bits per heavy atom. The monoisotopic (exact) mass is 626 g/mol. The van der Waals surface area contributed by atoms with Crippen molar-refractivity contribution in [2.75, 3.05) is 6.54 Å². The van der Waals surface area contributed by atoms with Crippen molar-refractivity contribution >= 4 is 35.0 Å². The highest BCUT2D eigenvalue weighted by molar-refractivity contribution is 7.13. The van der Waals surface area contributed by atoms with Crippen molar-refractivity contribution in [2.24, 2.45) is 17.3 Å². The van der Waals surface area contributed by atoms with Gasteiger partial charge < -0.3 is 25.7 Å². The number of amides is 3. The maximum Gasteiger partial charge on any atom is 0.303 e. The van der Waals surface area contributed by atoms with Gasteiger partial charge in [0.1, 0.15) is 12.1 Å². The van der Waals surface area contributed by atoms with Crippen molar-refractivity contribution in [2.45, 2.75) is 104 Å². The molecule has 0 spiro atoms. The number of aliphatic hydroxyl groups is 1. The summed E-state index contributed by atoms with van der Waals surface area (Å²) in [5.74, 6) is -1.46. The molecule has 1 saturated carbocycles. The van der Waals surface area contributed by atoms with Crippen molar-refractivity contribution < 1.29 is 29.4 Å². The Hall–Kier alpha value is -3.31. The zero-order valence-corrected chi connectivity index (χ0v) is 27.2. The van der Waals surface area contributed by atoms with E-state index in [2.05, 4.69) is 15.6 Å². The van der Waals surface area contributed by atoms with Crippen molar-refractivity contribution in [1.82, 2.24) is 20.5 Å². The standard InChI is InChI=1S/C33H46N4O6S/c1-19(23-10-12-24(13-11-23)29-20(2)34-18-44-29)35-31(42)26-16-25(38)17-37(26)32(43)30(33(3,4)5)36-27(39)14-21-6-8-22(9-7-21)15-28(40)41/h10-13,18-19,21-22,25-26,30,38H,6-9,14-17H2,1-5H3,(H,35,42)(H,36,39)(H,40,41)/t19?,21?,22?,25-,26+,30-/m1/s1. The first kappa shape index (κ1) is 33.6. The van der Waals surface area contributed by atoms with Crippen LogP contribution in [0, 0.1) is 24.2 Å². The second kappa shape index (κ2) is 14.2. The molecular formula is C33H46N4O6S. The lowest BCUT2D eigenvalue weighted by Gasteiger charge is -2.36. The quantitative estimate of drug-likeness (QED) is 0.304. The molecule has 1 aliphatic heterocycles. The topological polar surface area (TPSA) is 149 Å². The highest BCUT2D eigenvalue weighted by atomic mass is 32.1. The molecule has 240 valence electrons. The van der Waals surface area contributed by atoms with Gasteiger partial charge in [-0.15, -0.1) is 11.3 Å². The molecule has 0 radical (unpaired) electrons. The normalized spacial score (nSPS) is 23.5. The van der Waals surface area contributed by atoms with Gasteiger partial charge in [-0.25, -0.2) is 4.98 Å². The first-order valence-corrected chi connectivity index (χ1v) is 16.4. The number of thiazole rings is 1. The minimum absolute atomic E-state index is 0.0181. The number of aromatic nitrogens is 1. The smallest absolute Gasteiger partial charge is 0.303 e. The first-order valence-electron chi connectivity index (χ1n) is 15.5. The number of hydrogen-bond donors (Lipinski definition) is 4. The van der Waals surface area contributed by atoms with Gasteiger partial charge in [0.2, 0.25) is 17.7 Å². The Balaban J connectivity index is 1.38. The maximum absolute atomic E-state index is 13.9. The molecule has 10 nitrogen and oxygen atoms in total. The molecule has 4 atom stereocenters. The minimum atomic E-state index is -0.876. The van der Waals surface area contributed by atoms with Crippen LogP contribution >= 0.6 is 11.3 Å². The highest BCUT2D eigenvalue weighted by Gasteiger charge is 2.44. The molecule has 1 saturated heterocycles. The Kier molecular flexibility index (Phi) is 10.8. The third-order valence-corrected chi connectivity index (χ3v) is 9.94. The Morgan fingerprint density at radius 2 is 1.64 bits per heavy atom. The van der Waals surface area contributed by atoms with Crippen LogP contribution in [-0.2, 0) is 19.2 Å². The van der Waals surface area contributed by atoms with E-state index in [9.17, 15) is 24.3 Å². The average Bonchev–Trinajstić information content (AvgIpc) is 3.57. The number of β-amino-alcohol motifs (C(OH)–C–C–N with tert-alkyl or cyclic N) is 1. The molecule has 1 aromatic heterocycles. The average molecular weight is 627 g/mol. The van der Waals surface area contributed by atoms with Gasteiger partial charge in [0, 0.05) is 25.8 Å². The second-order valence-corrected chi connectivity index (χ2v) is 14.4. The summed E-state index contributed by atoms with van der Waals surface area (Å²) in [6.07, 6.45) is 2.84. The third-order valence-electron chi connectivity index (χ3n) is 8.96. The van der Waals surface area contributed by atoms with Gasteiger partial charge in [0.15, 0.2) is 0 Å². The summed E-state index contributed by atoms with van der Waals surface area (Å²) < 4.78 is 0. The predicted molar refractivity (Wildman–Crippen MR) is 169 cm³/mol. The lowest BCUT2D eigenvalue weighted by atomic mass is 9.79. The lowest BCUT2D eigenvalue weighted by molar-refractivity contribution is -0.144. The van der Waals surface area contributed by atoms with E-state index in [0.29, 0.717) is 0 Å². The molecule has 1 aromatic carbocycles. The molecule has 3 amide bonds. The molecule has 4 N–H and O–H groups in total. The number of nitrogens with zero attached hydrogens (tertiary/aromatic N) is 2. The number of likely N-dealkylation sites (tertiary alicyclic amines) is 1. The van der Waals surface area contributed by atoms with E-state index in [1.807, 2.05) is 64.4 Å². The van der Waals surface area contributed by atoms with Crippen LogP contribution in [0.25, 0.3) is 10.4 Å². The largest absolute Gasteiger partial charge is 0.481 e. The Bertz CT molecular complexity index is 1330. The molecule has 0 bridgehead atoms. The van der Waals surface area contributed by atoms with Crippen LogP contribution in [0.3, 0.4) is 0 Å². The molecule has 2 heterocycles. The fourth-order valence-corrected chi connectivity index (χ4v) is 7.20. The number of rotatable bonds is 10. The maximum atomic E-state index is 13.9. The number of benzene rings is 1. The number of aliphatic hydroxyl groups excluding tert-OH is 1. The zero-order valence-electron chi connectivity index (χ0n) is 26.3. The van der Waals surface area contributed by atoms with E-state index >= 15 is 0 Å². The van der Waals surface area contributed by atoms with Crippen LogP contribution < -0.4 is 10.6 Å². The van der Waals surface area contributed by atoms with Crippen molar-refractivity contribution in [1.29, 1.82) is 0 Å². The molecular weight excluding hydrogens is 580 g/mol. The summed E-state index contributed by atoms with van der Waals surface area (Å²) >= 11 is 1.58. The summed E-state index contributed by atoms with van der Waals surface area (Å²) in [5, 5.41) is 25.5. The minimum Gasteiger partial charge on any atom is -0.481 e. The molecule has 2 aliphatic rings. The number of carbonyl (C=O) groups is 4. The summed E-state index contributed by atoms with van der Waals surface area (Å²) in [6.45, 7) is 9.48. The van der Waals surface area contributed by atoms with Gasteiger partial charge in [-0.05, 0) is 67.9 Å². The Morgan fingerprint density at radius 3 is 2.18 bits per heavy atom. The number of hydrogen-bond acceptors (Lipinski definition) is 7. The van der Waals surface area contributed by atoms with Gasteiger partial charge in [-0.2, -0.15) is 0 Å². The molecule has 44 heavy (non-hydrogen) atoms. The number of carboxylic acid groups (broad SMARTS) is 1. The molecule has 4 rings (SSSR count). The van der Waals surface area contributed by atoms with E-state index in [1.165, 1.54) is 4.90 Å². The summed E-state index contributed by atoms with van der Waals surface area (Å²) in [7, 11) is 0. The lowest BCUT2D eigenvalue weighted by Crippen LogP contribution is -2.58. The van der Waals surface area contributed by atoms with Crippen molar-refractivity contribution in [3.05, 3.63) is 41.0 Å². The number of carboxylic acids is 1.